The van der Waals surface area contributed by atoms with Gasteiger partial charge in [-0.3, -0.25) is 15.1 Å². The van der Waals surface area contributed by atoms with Crippen molar-refractivity contribution < 1.29 is 16.8 Å². The van der Waals surface area contributed by atoms with E-state index >= 15 is 0 Å². The molecule has 194 valence electrons. The molecule has 1 aliphatic rings. The van der Waals surface area contributed by atoms with Gasteiger partial charge in [0.1, 0.15) is 6.33 Å². The van der Waals surface area contributed by atoms with E-state index in [1.54, 1.807) is 6.07 Å². The molecule has 14 heteroatoms. The van der Waals surface area contributed by atoms with Crippen LogP contribution in [0, 0.1) is 0 Å². The van der Waals surface area contributed by atoms with Crippen molar-refractivity contribution in [1.82, 2.24) is 18.9 Å². The highest BCUT2D eigenvalue weighted by molar-refractivity contribution is 9.10. The summed E-state index contributed by atoms with van der Waals surface area (Å²) in [6, 6.07) is 7.84. The number of aromatic nitrogens is 2. The largest absolute Gasteiger partial charge is 0.296 e. The van der Waals surface area contributed by atoms with Crippen LogP contribution in [0.5, 0.6) is 0 Å². The lowest BCUT2D eigenvalue weighted by atomic mass is 10.1. The fraction of sp³-hybridized carbons (Fsp3) is 0.364. The van der Waals surface area contributed by atoms with Gasteiger partial charge in [0, 0.05) is 42.2 Å². The van der Waals surface area contributed by atoms with Crippen molar-refractivity contribution in [2.45, 2.75) is 18.4 Å². The Labute approximate surface area is 222 Å². The number of sulfonamides is 1. The number of fused-ring (bicyclic) bond motifs is 1. The van der Waals surface area contributed by atoms with Gasteiger partial charge in [-0.2, -0.15) is 4.31 Å². The quantitative estimate of drug-likeness (QED) is 0.429. The van der Waals surface area contributed by atoms with E-state index in [0.29, 0.717) is 53.1 Å². The van der Waals surface area contributed by atoms with Crippen molar-refractivity contribution in [2.75, 3.05) is 43.6 Å². The van der Waals surface area contributed by atoms with E-state index in [9.17, 15) is 21.6 Å². The third-order valence-corrected chi connectivity index (χ3v) is 10.1. The number of sulfone groups is 1. The SMILES string of the molecule is CCS(=O)(=O)c1ccc(Cl)cc1Nn1cnc2cc(CN3CCN(S(C)(=O)=O)CC3)c(Br)cc2c1=O. The lowest BCUT2D eigenvalue weighted by Gasteiger charge is -2.33. The zero-order chi connectivity index (χ0) is 26.3. The minimum absolute atomic E-state index is 0.0360. The Kier molecular flexibility index (Phi) is 7.79. The molecule has 2 aromatic carbocycles. The number of anilines is 1. The molecule has 0 spiro atoms. The molecule has 36 heavy (non-hydrogen) atoms. The molecular formula is C22H25BrClN5O5S2. The van der Waals surface area contributed by atoms with Crippen LogP contribution in [0.2, 0.25) is 5.02 Å². The molecule has 4 rings (SSSR count). The van der Waals surface area contributed by atoms with Gasteiger partial charge in [0.25, 0.3) is 5.56 Å². The number of piperazine rings is 1. The van der Waals surface area contributed by atoms with Gasteiger partial charge in [0.15, 0.2) is 9.84 Å². The van der Waals surface area contributed by atoms with Crippen LogP contribution in [0.3, 0.4) is 0 Å². The molecule has 1 aliphatic heterocycles. The minimum atomic E-state index is -3.56. The molecule has 0 radical (unpaired) electrons. The molecule has 0 saturated carbocycles. The zero-order valence-electron chi connectivity index (χ0n) is 19.6. The summed E-state index contributed by atoms with van der Waals surface area (Å²) in [4.78, 5) is 19.8. The zero-order valence-corrected chi connectivity index (χ0v) is 23.6. The molecule has 0 unspecified atom stereocenters. The van der Waals surface area contributed by atoms with Crippen LogP contribution in [0.1, 0.15) is 12.5 Å². The van der Waals surface area contributed by atoms with Crippen LogP contribution in [0.25, 0.3) is 10.9 Å². The molecule has 10 nitrogen and oxygen atoms in total. The van der Waals surface area contributed by atoms with Gasteiger partial charge in [-0.1, -0.05) is 34.5 Å². The van der Waals surface area contributed by atoms with Crippen LogP contribution < -0.4 is 11.0 Å². The van der Waals surface area contributed by atoms with Crippen LogP contribution >= 0.6 is 27.5 Å². The molecular weight excluding hydrogens is 594 g/mol. The van der Waals surface area contributed by atoms with Crippen molar-refractivity contribution in [1.29, 1.82) is 0 Å². The fourth-order valence-electron chi connectivity index (χ4n) is 3.99. The molecule has 0 atom stereocenters. The maximum atomic E-state index is 13.2. The molecule has 0 bridgehead atoms. The first-order chi connectivity index (χ1) is 16.9. The van der Waals surface area contributed by atoms with E-state index in [1.165, 1.54) is 42.0 Å². The lowest BCUT2D eigenvalue weighted by molar-refractivity contribution is 0.182. The predicted octanol–water partition coefficient (Wildman–Crippen LogP) is 2.56. The van der Waals surface area contributed by atoms with Crippen molar-refractivity contribution in [3.63, 3.8) is 0 Å². The van der Waals surface area contributed by atoms with Crippen LogP contribution in [0.4, 0.5) is 5.69 Å². The first kappa shape index (κ1) is 27.0. The molecule has 3 aromatic rings. The third kappa shape index (κ3) is 5.76. The summed E-state index contributed by atoms with van der Waals surface area (Å²) in [6.45, 7) is 4.16. The van der Waals surface area contributed by atoms with Gasteiger partial charge in [0.2, 0.25) is 10.0 Å². The monoisotopic (exact) mass is 617 g/mol. The fourth-order valence-corrected chi connectivity index (χ4v) is 6.49. The Morgan fingerprint density at radius 2 is 1.78 bits per heavy atom. The second-order valence-corrected chi connectivity index (χ2v) is 14.0. The summed E-state index contributed by atoms with van der Waals surface area (Å²) < 4.78 is 51.8. The van der Waals surface area contributed by atoms with Crippen LogP contribution in [0.15, 0.2) is 50.8 Å². The molecule has 1 saturated heterocycles. The van der Waals surface area contributed by atoms with Gasteiger partial charge >= 0.3 is 0 Å². The Bertz CT molecular complexity index is 1590. The summed E-state index contributed by atoms with van der Waals surface area (Å²) in [5.74, 6) is -0.104. The highest BCUT2D eigenvalue weighted by atomic mass is 79.9. The number of hydrogen-bond acceptors (Lipinski definition) is 8. The smallest absolute Gasteiger partial charge is 0.280 e. The van der Waals surface area contributed by atoms with Crippen molar-refractivity contribution in [3.05, 3.63) is 62.1 Å². The second-order valence-electron chi connectivity index (χ2n) is 8.47. The first-order valence-electron chi connectivity index (χ1n) is 11.1. The number of hydrogen-bond donors (Lipinski definition) is 1. The van der Waals surface area contributed by atoms with E-state index in [2.05, 4.69) is 31.2 Å². The van der Waals surface area contributed by atoms with E-state index < -0.39 is 25.4 Å². The lowest BCUT2D eigenvalue weighted by Crippen LogP contribution is -2.47. The Hall–Kier alpha value is -2.03. The molecule has 0 amide bonds. The molecule has 2 heterocycles. The average Bonchev–Trinajstić information content (AvgIpc) is 2.82. The van der Waals surface area contributed by atoms with E-state index in [0.717, 1.165) is 10.2 Å². The molecule has 1 fully saturated rings. The Morgan fingerprint density at radius 1 is 1.08 bits per heavy atom. The van der Waals surface area contributed by atoms with Gasteiger partial charge in [-0.15, -0.1) is 0 Å². The van der Waals surface area contributed by atoms with Crippen molar-refractivity contribution in [2.24, 2.45) is 0 Å². The highest BCUT2D eigenvalue weighted by Crippen LogP contribution is 2.27. The Morgan fingerprint density at radius 3 is 2.42 bits per heavy atom. The second kappa shape index (κ2) is 10.4. The summed E-state index contributed by atoms with van der Waals surface area (Å²) >= 11 is 9.62. The number of rotatable bonds is 7. The number of nitrogens with one attached hydrogen (secondary N) is 1. The van der Waals surface area contributed by atoms with Gasteiger partial charge < -0.3 is 0 Å². The molecule has 0 aliphatic carbocycles. The van der Waals surface area contributed by atoms with Crippen LogP contribution in [-0.2, 0) is 26.4 Å². The summed E-state index contributed by atoms with van der Waals surface area (Å²) in [5.41, 5.74) is 4.00. The maximum Gasteiger partial charge on any atom is 0.280 e. The van der Waals surface area contributed by atoms with E-state index in [-0.39, 0.29) is 16.3 Å². The number of halogens is 2. The van der Waals surface area contributed by atoms with Crippen molar-refractivity contribution >= 4 is 64.0 Å². The third-order valence-electron chi connectivity index (χ3n) is 6.02. The normalized spacial score (nSPS) is 15.9. The first-order valence-corrected chi connectivity index (χ1v) is 15.7. The van der Waals surface area contributed by atoms with Gasteiger partial charge in [0.05, 0.1) is 33.5 Å². The van der Waals surface area contributed by atoms with Crippen molar-refractivity contribution in [3.8, 4) is 0 Å². The van der Waals surface area contributed by atoms with E-state index in [1.807, 2.05) is 6.07 Å². The average molecular weight is 619 g/mol. The summed E-state index contributed by atoms with van der Waals surface area (Å²) in [6.07, 6.45) is 2.52. The molecule has 1 aromatic heterocycles. The van der Waals surface area contributed by atoms with Gasteiger partial charge in [-0.25, -0.2) is 26.5 Å². The maximum absolute atomic E-state index is 13.2. The number of nitrogens with zero attached hydrogens (tertiary/aromatic N) is 4. The number of benzene rings is 2. The van der Waals surface area contributed by atoms with E-state index in [4.69, 9.17) is 11.6 Å². The predicted molar refractivity (Wildman–Crippen MR) is 144 cm³/mol. The summed E-state index contributed by atoms with van der Waals surface area (Å²) in [5, 5.41) is 0.656. The molecule has 1 N–H and O–H groups in total. The highest BCUT2D eigenvalue weighted by Gasteiger charge is 2.24. The standard InChI is InChI=1S/C22H25BrClN5O5S2/c1-3-36(33,34)21-5-4-16(24)11-20(21)26-29-14-25-19-10-15(18(23)12-17(19)22(29)30)13-27-6-8-28(9-7-27)35(2,31)32/h4-5,10-12,14,26H,3,6-9,13H2,1-2H3. The minimum Gasteiger partial charge on any atom is -0.296 e. The topological polar surface area (TPSA) is 122 Å². The van der Waals surface area contributed by atoms with Crippen LogP contribution in [-0.4, -0.2) is 73.9 Å². The van der Waals surface area contributed by atoms with Gasteiger partial charge in [-0.05, 0) is 35.9 Å². The Balaban J connectivity index is 1.61. The summed E-state index contributed by atoms with van der Waals surface area (Å²) in [7, 11) is -6.77.